The van der Waals surface area contributed by atoms with Crippen LogP contribution in [0, 0.1) is 0 Å². The Kier molecular flexibility index (Phi) is 5.03. The normalized spacial score (nSPS) is 24.4. The molecule has 0 bridgehead atoms. The zero-order chi connectivity index (χ0) is 11.3. The molecule has 0 aromatic heterocycles. The van der Waals surface area contributed by atoms with Crippen LogP contribution in [0.1, 0.15) is 39.5 Å². The predicted octanol–water partition coefficient (Wildman–Crippen LogP) is 1.65. The van der Waals surface area contributed by atoms with Gasteiger partial charge in [0, 0.05) is 19.7 Å². The molecule has 0 aromatic carbocycles. The van der Waals surface area contributed by atoms with Gasteiger partial charge in [0.1, 0.15) is 0 Å². The second kappa shape index (κ2) is 5.83. The molecule has 1 N–H and O–H groups in total. The first kappa shape index (κ1) is 12.9. The van der Waals surface area contributed by atoms with Crippen molar-refractivity contribution in [3.05, 3.63) is 0 Å². The number of nitrogens with zero attached hydrogens (tertiary/aromatic N) is 1. The molecule has 1 unspecified atom stereocenters. The minimum absolute atomic E-state index is 0.0442. The van der Waals surface area contributed by atoms with Crippen LogP contribution in [0.25, 0.3) is 0 Å². The SMILES string of the molecule is COC(C)(C)CCN1CCCCC1CO. The Morgan fingerprint density at radius 2 is 2.13 bits per heavy atom. The number of likely N-dealkylation sites (tertiary alicyclic amines) is 1. The average Bonchev–Trinajstić information content (AvgIpc) is 2.27. The zero-order valence-corrected chi connectivity index (χ0v) is 10.3. The van der Waals surface area contributed by atoms with E-state index >= 15 is 0 Å². The van der Waals surface area contributed by atoms with Gasteiger partial charge in [-0.3, -0.25) is 4.90 Å². The summed E-state index contributed by atoms with van der Waals surface area (Å²) in [5, 5.41) is 9.28. The van der Waals surface area contributed by atoms with E-state index < -0.39 is 0 Å². The summed E-state index contributed by atoms with van der Waals surface area (Å²) in [7, 11) is 1.76. The molecule has 90 valence electrons. The smallest absolute Gasteiger partial charge is 0.0634 e. The largest absolute Gasteiger partial charge is 0.395 e. The van der Waals surface area contributed by atoms with E-state index in [4.69, 9.17) is 4.74 Å². The number of piperidine rings is 1. The van der Waals surface area contributed by atoms with E-state index in [1.165, 1.54) is 12.8 Å². The molecule has 0 aromatic rings. The molecule has 1 fully saturated rings. The fourth-order valence-corrected chi connectivity index (χ4v) is 2.08. The molecular weight excluding hydrogens is 190 g/mol. The summed E-state index contributed by atoms with van der Waals surface area (Å²) < 4.78 is 5.41. The molecule has 0 aliphatic carbocycles. The summed E-state index contributed by atoms with van der Waals surface area (Å²) in [4.78, 5) is 2.41. The molecule has 1 atom stereocenters. The maximum Gasteiger partial charge on any atom is 0.0634 e. The molecule has 0 radical (unpaired) electrons. The Morgan fingerprint density at radius 1 is 1.40 bits per heavy atom. The summed E-state index contributed by atoms with van der Waals surface area (Å²) in [6.45, 7) is 6.69. The topological polar surface area (TPSA) is 32.7 Å². The number of aliphatic hydroxyl groups is 1. The number of hydrogen-bond donors (Lipinski definition) is 1. The third kappa shape index (κ3) is 4.09. The Bertz CT molecular complexity index is 182. The van der Waals surface area contributed by atoms with Gasteiger partial charge in [-0.25, -0.2) is 0 Å². The first-order valence-corrected chi connectivity index (χ1v) is 5.99. The summed E-state index contributed by atoms with van der Waals surface area (Å²) in [6.07, 6.45) is 4.70. The quantitative estimate of drug-likeness (QED) is 0.757. The van der Waals surface area contributed by atoms with Crippen molar-refractivity contribution in [2.45, 2.75) is 51.2 Å². The zero-order valence-electron chi connectivity index (χ0n) is 10.3. The van der Waals surface area contributed by atoms with Crippen LogP contribution >= 0.6 is 0 Å². The van der Waals surface area contributed by atoms with Crippen molar-refractivity contribution >= 4 is 0 Å². The fourth-order valence-electron chi connectivity index (χ4n) is 2.08. The lowest BCUT2D eigenvalue weighted by molar-refractivity contribution is -0.00334. The van der Waals surface area contributed by atoms with Crippen LogP contribution in [-0.4, -0.2) is 48.5 Å². The Hall–Kier alpha value is -0.120. The van der Waals surface area contributed by atoms with Crippen LogP contribution in [-0.2, 0) is 4.74 Å². The molecule has 15 heavy (non-hydrogen) atoms. The average molecular weight is 215 g/mol. The van der Waals surface area contributed by atoms with E-state index in [1.54, 1.807) is 7.11 Å². The highest BCUT2D eigenvalue weighted by molar-refractivity contribution is 4.79. The highest BCUT2D eigenvalue weighted by Crippen LogP contribution is 2.20. The number of ether oxygens (including phenoxy) is 1. The fraction of sp³-hybridized carbons (Fsp3) is 1.00. The van der Waals surface area contributed by atoms with Crippen LogP contribution in [0.3, 0.4) is 0 Å². The second-order valence-corrected chi connectivity index (χ2v) is 5.08. The van der Waals surface area contributed by atoms with Crippen molar-refractivity contribution < 1.29 is 9.84 Å². The van der Waals surface area contributed by atoms with Crippen molar-refractivity contribution in [3.8, 4) is 0 Å². The van der Waals surface area contributed by atoms with Gasteiger partial charge in [0.2, 0.25) is 0 Å². The number of aliphatic hydroxyl groups excluding tert-OH is 1. The van der Waals surface area contributed by atoms with E-state index in [0.717, 1.165) is 25.9 Å². The minimum Gasteiger partial charge on any atom is -0.395 e. The Balaban J connectivity index is 2.35. The van der Waals surface area contributed by atoms with E-state index in [1.807, 2.05) is 0 Å². The molecule has 1 aliphatic rings. The first-order valence-electron chi connectivity index (χ1n) is 5.99. The summed E-state index contributed by atoms with van der Waals surface area (Å²) in [5.74, 6) is 0. The lowest BCUT2D eigenvalue weighted by atomic mass is 9.99. The van der Waals surface area contributed by atoms with Gasteiger partial charge < -0.3 is 9.84 Å². The molecular formula is C12H25NO2. The second-order valence-electron chi connectivity index (χ2n) is 5.08. The maximum atomic E-state index is 9.28. The number of methoxy groups -OCH3 is 1. The lowest BCUT2D eigenvalue weighted by Gasteiger charge is -2.36. The standard InChI is InChI=1S/C12H25NO2/c1-12(2,15-3)7-9-13-8-5-4-6-11(13)10-14/h11,14H,4-10H2,1-3H3. The van der Waals surface area contributed by atoms with Gasteiger partial charge in [0.05, 0.1) is 12.2 Å². The Labute approximate surface area is 93.4 Å². The van der Waals surface area contributed by atoms with Crippen LogP contribution in [0.5, 0.6) is 0 Å². The first-order chi connectivity index (χ1) is 7.09. The van der Waals surface area contributed by atoms with Gasteiger partial charge >= 0.3 is 0 Å². The van der Waals surface area contributed by atoms with Gasteiger partial charge in [0.15, 0.2) is 0 Å². The monoisotopic (exact) mass is 215 g/mol. The Morgan fingerprint density at radius 3 is 2.73 bits per heavy atom. The van der Waals surface area contributed by atoms with E-state index in [0.29, 0.717) is 12.6 Å². The van der Waals surface area contributed by atoms with E-state index in [9.17, 15) is 5.11 Å². The van der Waals surface area contributed by atoms with E-state index in [-0.39, 0.29) is 5.60 Å². The highest BCUT2D eigenvalue weighted by Gasteiger charge is 2.24. The molecule has 0 spiro atoms. The molecule has 1 heterocycles. The lowest BCUT2D eigenvalue weighted by Crippen LogP contribution is -2.44. The van der Waals surface area contributed by atoms with Crippen LogP contribution in [0.4, 0.5) is 0 Å². The van der Waals surface area contributed by atoms with Gasteiger partial charge in [-0.15, -0.1) is 0 Å². The molecule has 1 aliphatic heterocycles. The highest BCUT2D eigenvalue weighted by atomic mass is 16.5. The van der Waals surface area contributed by atoms with Crippen LogP contribution in [0.15, 0.2) is 0 Å². The van der Waals surface area contributed by atoms with Gasteiger partial charge in [-0.2, -0.15) is 0 Å². The third-order valence-corrected chi connectivity index (χ3v) is 3.51. The molecule has 0 saturated carbocycles. The number of rotatable bonds is 5. The third-order valence-electron chi connectivity index (χ3n) is 3.51. The molecule has 0 amide bonds. The molecule has 3 heteroatoms. The summed E-state index contributed by atoms with van der Waals surface area (Å²) in [6, 6.07) is 0.381. The van der Waals surface area contributed by atoms with Crippen molar-refractivity contribution in [1.29, 1.82) is 0 Å². The van der Waals surface area contributed by atoms with Crippen LogP contribution < -0.4 is 0 Å². The van der Waals surface area contributed by atoms with Crippen LogP contribution in [0.2, 0.25) is 0 Å². The van der Waals surface area contributed by atoms with Crippen molar-refractivity contribution in [3.63, 3.8) is 0 Å². The van der Waals surface area contributed by atoms with Crippen molar-refractivity contribution in [2.75, 3.05) is 26.8 Å². The maximum absolute atomic E-state index is 9.28. The molecule has 1 saturated heterocycles. The molecule has 1 rings (SSSR count). The van der Waals surface area contributed by atoms with E-state index in [2.05, 4.69) is 18.7 Å². The minimum atomic E-state index is -0.0442. The van der Waals surface area contributed by atoms with Gasteiger partial charge in [0.25, 0.3) is 0 Å². The van der Waals surface area contributed by atoms with Gasteiger partial charge in [-0.05, 0) is 39.7 Å². The summed E-state index contributed by atoms with van der Waals surface area (Å²) in [5.41, 5.74) is -0.0442. The summed E-state index contributed by atoms with van der Waals surface area (Å²) >= 11 is 0. The predicted molar refractivity (Wildman–Crippen MR) is 62.0 cm³/mol. The molecule has 3 nitrogen and oxygen atoms in total. The number of hydrogen-bond acceptors (Lipinski definition) is 3. The van der Waals surface area contributed by atoms with Gasteiger partial charge in [-0.1, -0.05) is 6.42 Å². The van der Waals surface area contributed by atoms with Crippen molar-refractivity contribution in [1.82, 2.24) is 4.90 Å². The van der Waals surface area contributed by atoms with Crippen molar-refractivity contribution in [2.24, 2.45) is 0 Å².